The molecule has 6 nitrogen and oxygen atoms in total. The zero-order valence-corrected chi connectivity index (χ0v) is 15.1. The number of benzene rings is 1. The Balaban J connectivity index is 1.73. The molecule has 3 aromatic rings. The van der Waals surface area contributed by atoms with Gasteiger partial charge < -0.3 is 9.47 Å². The summed E-state index contributed by atoms with van der Waals surface area (Å²) in [5.74, 6) is 0.514. The van der Waals surface area contributed by atoms with Crippen molar-refractivity contribution in [3.63, 3.8) is 0 Å². The summed E-state index contributed by atoms with van der Waals surface area (Å²) in [7, 11) is 1.85. The molecule has 4 rings (SSSR count). The number of aromatic nitrogens is 3. The number of pyridine rings is 1. The monoisotopic (exact) mass is 348 g/mol. The van der Waals surface area contributed by atoms with Gasteiger partial charge in [-0.3, -0.25) is 9.59 Å². The number of carbonyl (C=O) groups excluding carboxylic acids is 1. The molecule has 1 aliphatic rings. The number of hydrogen-bond donors (Lipinski definition) is 0. The molecule has 2 aromatic heterocycles. The minimum absolute atomic E-state index is 0.196. The normalized spacial score (nSPS) is 13.3. The first-order valence-corrected chi connectivity index (χ1v) is 8.71. The van der Waals surface area contributed by atoms with E-state index in [0.29, 0.717) is 18.5 Å². The molecule has 0 atom stereocenters. The molecule has 132 valence electrons. The van der Waals surface area contributed by atoms with Crippen molar-refractivity contribution >= 4 is 16.8 Å². The molecule has 3 heterocycles. The van der Waals surface area contributed by atoms with Gasteiger partial charge in [-0.05, 0) is 19.1 Å². The molecular formula is C20H20N4O2. The van der Waals surface area contributed by atoms with E-state index in [1.807, 2.05) is 43.7 Å². The molecular weight excluding hydrogens is 328 g/mol. The van der Waals surface area contributed by atoms with Crippen molar-refractivity contribution in [1.82, 2.24) is 19.4 Å². The molecule has 0 saturated heterocycles. The Morgan fingerprint density at radius 1 is 1.27 bits per heavy atom. The van der Waals surface area contributed by atoms with Crippen LogP contribution in [0.15, 0.2) is 35.4 Å². The van der Waals surface area contributed by atoms with Crippen molar-refractivity contribution in [2.24, 2.45) is 7.05 Å². The summed E-state index contributed by atoms with van der Waals surface area (Å²) in [5, 5.41) is 0.572. The van der Waals surface area contributed by atoms with Crippen molar-refractivity contribution < 1.29 is 4.79 Å². The quantitative estimate of drug-likeness (QED) is 0.713. The van der Waals surface area contributed by atoms with Crippen LogP contribution in [0.25, 0.3) is 10.9 Å². The maximum absolute atomic E-state index is 13.0. The first-order chi connectivity index (χ1) is 12.5. The first kappa shape index (κ1) is 16.4. The minimum Gasteiger partial charge on any atom is -0.350 e. The molecule has 0 unspecified atom stereocenters. The van der Waals surface area contributed by atoms with Crippen LogP contribution in [0.1, 0.15) is 39.9 Å². The third-order valence-electron chi connectivity index (χ3n) is 4.88. The van der Waals surface area contributed by atoms with Crippen LogP contribution in [-0.2, 0) is 26.6 Å². The summed E-state index contributed by atoms with van der Waals surface area (Å²) in [6, 6.07) is 5.71. The lowest BCUT2D eigenvalue weighted by Crippen LogP contribution is -2.31. The number of fused-ring (bicyclic) bond motifs is 2. The van der Waals surface area contributed by atoms with E-state index in [1.165, 1.54) is 0 Å². The van der Waals surface area contributed by atoms with Gasteiger partial charge in [0.15, 0.2) is 0 Å². The van der Waals surface area contributed by atoms with Gasteiger partial charge in [0, 0.05) is 43.4 Å². The lowest BCUT2D eigenvalue weighted by atomic mass is 10.1. The van der Waals surface area contributed by atoms with Crippen LogP contribution in [-0.4, -0.2) is 25.3 Å². The number of aryl methyl sites for hydroxylation is 3. The van der Waals surface area contributed by atoms with Crippen LogP contribution in [0, 0.1) is 6.92 Å². The Bertz CT molecular complexity index is 1100. The summed E-state index contributed by atoms with van der Waals surface area (Å²) in [6.45, 7) is 4.79. The largest absolute Gasteiger partial charge is 0.350 e. The number of hydrogen-bond acceptors (Lipinski definition) is 4. The second-order valence-electron chi connectivity index (χ2n) is 6.78. The Hall–Kier alpha value is -3.02. The van der Waals surface area contributed by atoms with Crippen LogP contribution in [0.2, 0.25) is 0 Å². The molecule has 0 radical (unpaired) electrons. The second kappa shape index (κ2) is 6.05. The van der Waals surface area contributed by atoms with Crippen molar-refractivity contribution in [3.8, 4) is 0 Å². The summed E-state index contributed by atoms with van der Waals surface area (Å²) < 4.78 is 1.83. The van der Waals surface area contributed by atoms with E-state index in [-0.39, 0.29) is 16.9 Å². The van der Waals surface area contributed by atoms with Gasteiger partial charge in [0.25, 0.3) is 5.91 Å². The Labute approximate surface area is 151 Å². The van der Waals surface area contributed by atoms with Gasteiger partial charge in [0.1, 0.15) is 11.4 Å². The standard InChI is InChI=1S/C20H20N4O2/c1-4-18-21-8-13-9-24(11-16(13)22-18)20(26)15-10-23(3)17-6-5-12(2)7-14(17)19(15)25/h5-8,10H,4,9,11H2,1-3H3. The predicted molar refractivity (Wildman–Crippen MR) is 98.9 cm³/mol. The molecule has 6 heteroatoms. The Morgan fingerprint density at radius 2 is 2.08 bits per heavy atom. The van der Waals surface area contributed by atoms with Gasteiger partial charge in [0.2, 0.25) is 5.43 Å². The van der Waals surface area contributed by atoms with E-state index in [9.17, 15) is 9.59 Å². The van der Waals surface area contributed by atoms with Crippen LogP contribution < -0.4 is 5.43 Å². The van der Waals surface area contributed by atoms with Crippen molar-refractivity contribution in [1.29, 1.82) is 0 Å². The number of nitrogens with zero attached hydrogens (tertiary/aromatic N) is 4. The summed E-state index contributed by atoms with van der Waals surface area (Å²) >= 11 is 0. The highest BCUT2D eigenvalue weighted by Gasteiger charge is 2.28. The minimum atomic E-state index is -0.259. The predicted octanol–water partition coefficient (Wildman–Crippen LogP) is 2.36. The highest BCUT2D eigenvalue weighted by molar-refractivity contribution is 5.97. The topological polar surface area (TPSA) is 68.1 Å². The summed E-state index contributed by atoms with van der Waals surface area (Å²) in [6.07, 6.45) is 4.18. The maximum Gasteiger partial charge on any atom is 0.260 e. The lowest BCUT2D eigenvalue weighted by molar-refractivity contribution is 0.0748. The number of rotatable bonds is 2. The van der Waals surface area contributed by atoms with Crippen LogP contribution >= 0.6 is 0 Å². The maximum atomic E-state index is 13.0. The molecule has 0 spiro atoms. The average molecular weight is 348 g/mol. The average Bonchev–Trinajstić information content (AvgIpc) is 3.07. The van der Waals surface area contributed by atoms with E-state index < -0.39 is 0 Å². The van der Waals surface area contributed by atoms with Gasteiger partial charge >= 0.3 is 0 Å². The third-order valence-corrected chi connectivity index (χ3v) is 4.88. The molecule has 1 aromatic carbocycles. The van der Waals surface area contributed by atoms with Crippen molar-refractivity contribution in [2.75, 3.05) is 0 Å². The summed E-state index contributed by atoms with van der Waals surface area (Å²) in [5.41, 5.74) is 3.61. The van der Waals surface area contributed by atoms with Gasteiger partial charge in [-0.15, -0.1) is 0 Å². The molecule has 0 saturated carbocycles. The Morgan fingerprint density at radius 3 is 2.85 bits per heavy atom. The molecule has 26 heavy (non-hydrogen) atoms. The summed E-state index contributed by atoms with van der Waals surface area (Å²) in [4.78, 5) is 36.4. The molecule has 0 N–H and O–H groups in total. The van der Waals surface area contributed by atoms with Gasteiger partial charge in [0.05, 0.1) is 17.8 Å². The fourth-order valence-electron chi connectivity index (χ4n) is 3.44. The first-order valence-electron chi connectivity index (χ1n) is 8.71. The second-order valence-corrected chi connectivity index (χ2v) is 6.78. The van der Waals surface area contributed by atoms with Crippen LogP contribution in [0.3, 0.4) is 0 Å². The smallest absolute Gasteiger partial charge is 0.260 e. The number of amides is 1. The van der Waals surface area contributed by atoms with Gasteiger partial charge in [-0.2, -0.15) is 0 Å². The van der Waals surface area contributed by atoms with Crippen LogP contribution in [0.5, 0.6) is 0 Å². The zero-order chi connectivity index (χ0) is 18.4. The van der Waals surface area contributed by atoms with Gasteiger partial charge in [-0.1, -0.05) is 18.6 Å². The van der Waals surface area contributed by atoms with Gasteiger partial charge in [-0.25, -0.2) is 9.97 Å². The molecule has 1 aliphatic heterocycles. The van der Waals surface area contributed by atoms with Crippen molar-refractivity contribution in [2.45, 2.75) is 33.4 Å². The van der Waals surface area contributed by atoms with E-state index in [1.54, 1.807) is 17.3 Å². The highest BCUT2D eigenvalue weighted by atomic mass is 16.2. The van der Waals surface area contributed by atoms with Crippen molar-refractivity contribution in [3.05, 3.63) is 69.0 Å². The van der Waals surface area contributed by atoms with E-state index in [0.717, 1.165) is 34.6 Å². The third kappa shape index (κ3) is 2.58. The van der Waals surface area contributed by atoms with E-state index in [4.69, 9.17) is 0 Å². The highest BCUT2D eigenvalue weighted by Crippen LogP contribution is 2.22. The Kier molecular flexibility index (Phi) is 3.83. The number of carbonyl (C=O) groups is 1. The SMILES string of the molecule is CCc1ncc2c(n1)CN(C(=O)c1cn(C)c3ccc(C)cc3c1=O)C2. The molecule has 1 amide bonds. The van der Waals surface area contributed by atoms with E-state index in [2.05, 4.69) is 9.97 Å². The molecule has 0 aliphatic carbocycles. The fraction of sp³-hybridized carbons (Fsp3) is 0.300. The molecule has 0 bridgehead atoms. The van der Waals surface area contributed by atoms with Crippen LogP contribution in [0.4, 0.5) is 0 Å². The van der Waals surface area contributed by atoms with E-state index >= 15 is 0 Å². The fourth-order valence-corrected chi connectivity index (χ4v) is 3.44. The zero-order valence-electron chi connectivity index (χ0n) is 15.1. The molecule has 0 fully saturated rings. The lowest BCUT2D eigenvalue weighted by Gasteiger charge is -2.16.